The highest BCUT2D eigenvalue weighted by Crippen LogP contribution is 2.32. The van der Waals surface area contributed by atoms with Gasteiger partial charge in [-0.1, -0.05) is 0 Å². The van der Waals surface area contributed by atoms with Gasteiger partial charge in [0.15, 0.2) is 6.29 Å². The van der Waals surface area contributed by atoms with Crippen LogP contribution in [0.4, 0.5) is 0 Å². The molecule has 0 aromatic heterocycles. The van der Waals surface area contributed by atoms with Crippen molar-refractivity contribution in [2.24, 2.45) is 0 Å². The van der Waals surface area contributed by atoms with Gasteiger partial charge in [-0.15, -0.1) is 0 Å². The predicted octanol–water partition coefficient (Wildman–Crippen LogP) is 2.12. The molecular weight excluding hydrogens is 283 g/mol. The minimum absolute atomic E-state index is 0.535. The summed E-state index contributed by atoms with van der Waals surface area (Å²) in [7, 11) is 3.11. The zero-order valence-corrected chi connectivity index (χ0v) is 9.49. The standard InChI is InChI=1S/C9H9IO3/c1-12-7-4-3-6(5-11)9(13-2)8(7)10/h3-5H,1-2H3. The van der Waals surface area contributed by atoms with E-state index in [1.807, 2.05) is 0 Å². The second-order valence-electron chi connectivity index (χ2n) is 2.32. The monoisotopic (exact) mass is 292 g/mol. The fourth-order valence-electron chi connectivity index (χ4n) is 1.01. The third-order valence-electron chi connectivity index (χ3n) is 1.64. The van der Waals surface area contributed by atoms with E-state index in [1.165, 1.54) is 7.11 Å². The highest BCUT2D eigenvalue weighted by atomic mass is 127. The fraction of sp³-hybridized carbons (Fsp3) is 0.222. The zero-order chi connectivity index (χ0) is 9.84. The molecule has 0 amide bonds. The van der Waals surface area contributed by atoms with E-state index in [1.54, 1.807) is 19.2 Å². The fourth-order valence-corrected chi connectivity index (χ4v) is 1.94. The summed E-state index contributed by atoms with van der Waals surface area (Å²) >= 11 is 2.08. The summed E-state index contributed by atoms with van der Waals surface area (Å²) in [6.07, 6.45) is 0.764. The Bertz CT molecular complexity index is 323. The Morgan fingerprint density at radius 2 is 2.00 bits per heavy atom. The van der Waals surface area contributed by atoms with Crippen molar-refractivity contribution in [3.05, 3.63) is 21.3 Å². The Morgan fingerprint density at radius 1 is 1.31 bits per heavy atom. The van der Waals surface area contributed by atoms with Gasteiger partial charge >= 0.3 is 0 Å². The molecule has 0 radical (unpaired) electrons. The molecule has 70 valence electrons. The van der Waals surface area contributed by atoms with Crippen LogP contribution in [0.5, 0.6) is 11.5 Å². The second kappa shape index (κ2) is 4.45. The van der Waals surface area contributed by atoms with Crippen molar-refractivity contribution in [2.45, 2.75) is 0 Å². The van der Waals surface area contributed by atoms with Crippen LogP contribution in [0.1, 0.15) is 10.4 Å². The summed E-state index contributed by atoms with van der Waals surface area (Å²) in [5.41, 5.74) is 0.535. The maximum Gasteiger partial charge on any atom is 0.153 e. The van der Waals surface area contributed by atoms with E-state index in [0.717, 1.165) is 9.86 Å². The van der Waals surface area contributed by atoms with Gasteiger partial charge in [-0.2, -0.15) is 0 Å². The lowest BCUT2D eigenvalue weighted by molar-refractivity contribution is 0.112. The number of halogens is 1. The lowest BCUT2D eigenvalue weighted by atomic mass is 10.2. The van der Waals surface area contributed by atoms with Crippen molar-refractivity contribution in [3.8, 4) is 11.5 Å². The lowest BCUT2D eigenvalue weighted by Gasteiger charge is -2.09. The van der Waals surface area contributed by atoms with E-state index in [2.05, 4.69) is 22.6 Å². The number of rotatable bonds is 3. The highest BCUT2D eigenvalue weighted by Gasteiger charge is 2.11. The van der Waals surface area contributed by atoms with Crippen LogP contribution >= 0.6 is 22.6 Å². The van der Waals surface area contributed by atoms with Crippen molar-refractivity contribution in [2.75, 3.05) is 14.2 Å². The normalized spacial score (nSPS) is 9.46. The van der Waals surface area contributed by atoms with Gasteiger partial charge in [0.05, 0.1) is 23.4 Å². The van der Waals surface area contributed by atoms with Crippen LogP contribution in [0.3, 0.4) is 0 Å². The van der Waals surface area contributed by atoms with Crippen LogP contribution in [-0.2, 0) is 0 Å². The molecule has 0 N–H and O–H groups in total. The van der Waals surface area contributed by atoms with Gasteiger partial charge in [0.2, 0.25) is 0 Å². The Hall–Kier alpha value is -0.780. The van der Waals surface area contributed by atoms with Gasteiger partial charge in [0.1, 0.15) is 11.5 Å². The molecule has 0 unspecified atom stereocenters. The average molecular weight is 292 g/mol. The van der Waals surface area contributed by atoms with E-state index >= 15 is 0 Å². The van der Waals surface area contributed by atoms with E-state index in [9.17, 15) is 4.79 Å². The molecule has 0 aliphatic rings. The molecule has 1 rings (SSSR count). The number of carbonyl (C=O) groups excluding carboxylic acids is 1. The molecule has 1 aromatic rings. The molecule has 0 heterocycles. The SMILES string of the molecule is COc1ccc(C=O)c(OC)c1I. The number of aldehydes is 1. The maximum absolute atomic E-state index is 10.6. The summed E-state index contributed by atoms with van der Waals surface area (Å²) in [4.78, 5) is 10.6. The Balaban J connectivity index is 3.31. The first kappa shape index (κ1) is 10.3. The van der Waals surface area contributed by atoms with Gasteiger partial charge in [-0.25, -0.2) is 0 Å². The molecular formula is C9H9IO3. The van der Waals surface area contributed by atoms with Crippen LogP contribution in [0.15, 0.2) is 12.1 Å². The van der Waals surface area contributed by atoms with Crippen LogP contribution in [0.25, 0.3) is 0 Å². The van der Waals surface area contributed by atoms with Gasteiger partial charge in [-0.05, 0) is 34.7 Å². The molecule has 0 atom stereocenters. The second-order valence-corrected chi connectivity index (χ2v) is 3.40. The molecule has 4 heteroatoms. The highest BCUT2D eigenvalue weighted by molar-refractivity contribution is 14.1. The molecule has 0 aliphatic heterocycles. The quantitative estimate of drug-likeness (QED) is 0.632. The minimum Gasteiger partial charge on any atom is -0.496 e. The molecule has 13 heavy (non-hydrogen) atoms. The van der Waals surface area contributed by atoms with E-state index < -0.39 is 0 Å². The number of ether oxygens (including phenoxy) is 2. The van der Waals surface area contributed by atoms with Gasteiger partial charge < -0.3 is 9.47 Å². The summed E-state index contributed by atoms with van der Waals surface area (Å²) in [5, 5.41) is 0. The van der Waals surface area contributed by atoms with Crippen LogP contribution in [0.2, 0.25) is 0 Å². The molecule has 0 bridgehead atoms. The zero-order valence-electron chi connectivity index (χ0n) is 7.33. The number of hydrogen-bond acceptors (Lipinski definition) is 3. The first-order chi connectivity index (χ1) is 6.24. The number of carbonyl (C=O) groups is 1. The van der Waals surface area contributed by atoms with Crippen molar-refractivity contribution < 1.29 is 14.3 Å². The Morgan fingerprint density at radius 3 is 2.46 bits per heavy atom. The molecule has 0 saturated heterocycles. The van der Waals surface area contributed by atoms with E-state index in [0.29, 0.717) is 17.1 Å². The molecule has 0 aliphatic carbocycles. The third kappa shape index (κ3) is 1.93. The predicted molar refractivity (Wildman–Crippen MR) is 57.7 cm³/mol. The molecule has 1 aromatic carbocycles. The molecule has 0 saturated carbocycles. The third-order valence-corrected chi connectivity index (χ3v) is 2.66. The van der Waals surface area contributed by atoms with Crippen LogP contribution in [0, 0.1) is 3.57 Å². The maximum atomic E-state index is 10.6. The van der Waals surface area contributed by atoms with Gasteiger partial charge in [-0.3, -0.25) is 4.79 Å². The number of methoxy groups -OCH3 is 2. The Labute approximate surface area is 90.2 Å². The van der Waals surface area contributed by atoms with Crippen molar-refractivity contribution in [3.63, 3.8) is 0 Å². The van der Waals surface area contributed by atoms with Gasteiger partial charge in [0.25, 0.3) is 0 Å². The number of hydrogen-bond donors (Lipinski definition) is 0. The topological polar surface area (TPSA) is 35.5 Å². The van der Waals surface area contributed by atoms with Crippen LogP contribution < -0.4 is 9.47 Å². The largest absolute Gasteiger partial charge is 0.496 e. The van der Waals surface area contributed by atoms with Gasteiger partial charge in [0, 0.05) is 0 Å². The smallest absolute Gasteiger partial charge is 0.153 e. The molecule has 3 nitrogen and oxygen atoms in total. The molecule has 0 spiro atoms. The summed E-state index contributed by atoms with van der Waals surface area (Å²) in [5.74, 6) is 1.28. The van der Waals surface area contributed by atoms with Crippen molar-refractivity contribution in [1.29, 1.82) is 0 Å². The summed E-state index contributed by atoms with van der Waals surface area (Å²) < 4.78 is 11.0. The first-order valence-electron chi connectivity index (χ1n) is 3.60. The lowest BCUT2D eigenvalue weighted by Crippen LogP contribution is -1.96. The van der Waals surface area contributed by atoms with Crippen molar-refractivity contribution >= 4 is 28.9 Å². The Kier molecular flexibility index (Phi) is 3.53. The molecule has 0 fully saturated rings. The summed E-state index contributed by atoms with van der Waals surface area (Å²) in [6, 6.07) is 3.42. The first-order valence-corrected chi connectivity index (χ1v) is 4.68. The van der Waals surface area contributed by atoms with Crippen LogP contribution in [-0.4, -0.2) is 20.5 Å². The van der Waals surface area contributed by atoms with E-state index in [-0.39, 0.29) is 0 Å². The minimum atomic E-state index is 0.535. The van der Waals surface area contributed by atoms with Crippen molar-refractivity contribution in [1.82, 2.24) is 0 Å². The summed E-state index contributed by atoms with van der Waals surface area (Å²) in [6.45, 7) is 0. The van der Waals surface area contributed by atoms with E-state index in [4.69, 9.17) is 9.47 Å². The average Bonchev–Trinajstić information content (AvgIpc) is 2.17. The number of benzene rings is 1.